The molecule has 0 aliphatic carbocycles. The van der Waals surface area contributed by atoms with Gasteiger partial charge >= 0.3 is 0 Å². The van der Waals surface area contributed by atoms with Crippen molar-refractivity contribution in [2.24, 2.45) is 0 Å². The van der Waals surface area contributed by atoms with Crippen LogP contribution in [0.4, 0.5) is 5.69 Å². The predicted molar refractivity (Wildman–Crippen MR) is 101 cm³/mol. The monoisotopic (exact) mass is 355 g/mol. The molecule has 1 heterocycles. The van der Waals surface area contributed by atoms with Crippen LogP contribution in [0.2, 0.25) is 0 Å². The van der Waals surface area contributed by atoms with E-state index in [1.54, 1.807) is 13.2 Å². The quantitative estimate of drug-likeness (QED) is 0.672. The van der Waals surface area contributed by atoms with Gasteiger partial charge in [0.15, 0.2) is 0 Å². The van der Waals surface area contributed by atoms with Gasteiger partial charge in [-0.15, -0.1) is 0 Å². The van der Waals surface area contributed by atoms with Crippen LogP contribution in [0.15, 0.2) is 53.1 Å². The number of aromatic nitrogens is 2. The number of nitrogens with zero attached hydrogens (tertiary/aromatic N) is 3. The van der Waals surface area contributed by atoms with Gasteiger partial charge in [0.05, 0.1) is 12.7 Å². The van der Waals surface area contributed by atoms with Crippen LogP contribution in [0.5, 0.6) is 5.75 Å². The normalized spacial score (nSPS) is 11.4. The highest BCUT2D eigenvalue weighted by Gasteiger charge is 2.14. The maximum absolute atomic E-state index is 6.34. The summed E-state index contributed by atoms with van der Waals surface area (Å²) in [4.78, 5) is 6.40. The van der Waals surface area contributed by atoms with Crippen molar-refractivity contribution in [2.75, 3.05) is 26.1 Å². The van der Waals surface area contributed by atoms with E-state index in [1.165, 1.54) is 0 Å². The molecule has 0 aliphatic heterocycles. The molecule has 3 rings (SSSR count). The van der Waals surface area contributed by atoms with Crippen LogP contribution < -0.4 is 9.64 Å². The largest absolute Gasteiger partial charge is 0.496 e. The molecule has 0 bridgehead atoms. The van der Waals surface area contributed by atoms with E-state index in [9.17, 15) is 0 Å². The predicted octanol–water partition coefficient (Wildman–Crippen LogP) is 4.55. The molecule has 0 radical (unpaired) electrons. The van der Waals surface area contributed by atoms with Crippen LogP contribution in [0.25, 0.3) is 22.5 Å². The zero-order valence-electron chi connectivity index (χ0n) is 14.2. The number of anilines is 1. The molecule has 0 fully saturated rings. The van der Waals surface area contributed by atoms with Crippen LogP contribution >= 0.6 is 11.6 Å². The number of hydrogen-bond acceptors (Lipinski definition) is 5. The molecule has 0 saturated carbocycles. The fraction of sp³-hybridized carbons (Fsp3) is 0.158. The Kier molecular flexibility index (Phi) is 5.05. The second-order valence-corrected chi connectivity index (χ2v) is 6.01. The molecular weight excluding hydrogens is 338 g/mol. The first-order chi connectivity index (χ1) is 12.1. The number of benzene rings is 2. The second kappa shape index (κ2) is 7.40. The van der Waals surface area contributed by atoms with Crippen LogP contribution in [-0.2, 0) is 0 Å². The van der Waals surface area contributed by atoms with Crippen molar-refractivity contribution in [1.82, 2.24) is 10.1 Å². The highest BCUT2D eigenvalue weighted by Crippen LogP contribution is 2.29. The average molecular weight is 356 g/mol. The van der Waals surface area contributed by atoms with Crippen molar-refractivity contribution >= 4 is 28.4 Å². The summed E-state index contributed by atoms with van der Waals surface area (Å²) in [5, 5.41) is 4.38. The van der Waals surface area contributed by atoms with E-state index in [2.05, 4.69) is 10.1 Å². The SMILES string of the molecule is COc1ccccc1-c1noc(/C(Cl)=C/c2ccc(N(C)C)cc2)n1. The molecule has 0 N–H and O–H groups in total. The number of ether oxygens (including phenoxy) is 1. The number of hydrogen-bond donors (Lipinski definition) is 0. The van der Waals surface area contributed by atoms with Crippen molar-refractivity contribution < 1.29 is 9.26 Å². The molecule has 128 valence electrons. The lowest BCUT2D eigenvalue weighted by atomic mass is 10.2. The molecule has 0 unspecified atom stereocenters. The minimum absolute atomic E-state index is 0.263. The van der Waals surface area contributed by atoms with E-state index >= 15 is 0 Å². The standard InChI is InChI=1S/C19H18ClN3O2/c1-23(2)14-10-8-13(9-11-14)12-16(20)19-21-18(22-25-19)15-6-4-5-7-17(15)24-3/h4-12H,1-3H3/b16-12-. The van der Waals surface area contributed by atoms with E-state index in [-0.39, 0.29) is 5.89 Å². The van der Waals surface area contributed by atoms with Crippen LogP contribution in [0, 0.1) is 0 Å². The van der Waals surface area contributed by atoms with Gasteiger partial charge in [-0.1, -0.05) is 41.0 Å². The molecule has 0 saturated heterocycles. The number of halogens is 1. The number of rotatable bonds is 5. The third-order valence-electron chi connectivity index (χ3n) is 3.68. The first kappa shape index (κ1) is 17.0. The Hall–Kier alpha value is -2.79. The molecular formula is C19H18ClN3O2. The fourth-order valence-electron chi connectivity index (χ4n) is 2.34. The van der Waals surface area contributed by atoms with E-state index in [1.807, 2.05) is 67.5 Å². The smallest absolute Gasteiger partial charge is 0.269 e. The summed E-state index contributed by atoms with van der Waals surface area (Å²) in [5.41, 5.74) is 2.82. The summed E-state index contributed by atoms with van der Waals surface area (Å²) in [6, 6.07) is 15.5. The maximum Gasteiger partial charge on any atom is 0.269 e. The van der Waals surface area contributed by atoms with Crippen molar-refractivity contribution in [3.05, 3.63) is 60.0 Å². The molecule has 0 atom stereocenters. The Labute approximate surface area is 151 Å². The van der Waals surface area contributed by atoms with Gasteiger partial charge in [-0.3, -0.25) is 0 Å². The molecule has 3 aromatic rings. The topological polar surface area (TPSA) is 51.4 Å². The Morgan fingerprint density at radius 1 is 1.12 bits per heavy atom. The number of methoxy groups -OCH3 is 1. The van der Waals surface area contributed by atoms with Gasteiger partial charge in [0, 0.05) is 19.8 Å². The van der Waals surface area contributed by atoms with Gasteiger partial charge < -0.3 is 14.2 Å². The first-order valence-corrected chi connectivity index (χ1v) is 8.08. The summed E-state index contributed by atoms with van der Waals surface area (Å²) >= 11 is 6.34. The van der Waals surface area contributed by atoms with Gasteiger partial charge in [0.25, 0.3) is 5.89 Å². The Morgan fingerprint density at radius 3 is 2.52 bits per heavy atom. The van der Waals surface area contributed by atoms with E-state index < -0.39 is 0 Å². The molecule has 0 amide bonds. The van der Waals surface area contributed by atoms with Gasteiger partial charge in [-0.2, -0.15) is 4.98 Å². The number of para-hydroxylation sites is 1. The van der Waals surface area contributed by atoms with E-state index in [4.69, 9.17) is 20.9 Å². The van der Waals surface area contributed by atoms with Crippen molar-refractivity contribution in [2.45, 2.75) is 0 Å². The summed E-state index contributed by atoms with van der Waals surface area (Å²) in [6.07, 6.45) is 1.79. The highest BCUT2D eigenvalue weighted by molar-refractivity contribution is 6.50. The molecule has 25 heavy (non-hydrogen) atoms. The fourth-order valence-corrected chi connectivity index (χ4v) is 2.54. The van der Waals surface area contributed by atoms with E-state index in [0.29, 0.717) is 16.6 Å². The van der Waals surface area contributed by atoms with Gasteiger partial charge in [-0.05, 0) is 35.9 Å². The average Bonchev–Trinajstić information content (AvgIpc) is 3.12. The summed E-state index contributed by atoms with van der Waals surface area (Å²) < 4.78 is 10.6. The Balaban J connectivity index is 1.86. The minimum atomic E-state index is 0.263. The van der Waals surface area contributed by atoms with E-state index in [0.717, 1.165) is 16.8 Å². The lowest BCUT2D eigenvalue weighted by Gasteiger charge is -2.11. The van der Waals surface area contributed by atoms with Crippen molar-refractivity contribution in [3.8, 4) is 17.1 Å². The molecule has 1 aromatic heterocycles. The lowest BCUT2D eigenvalue weighted by Crippen LogP contribution is -2.07. The minimum Gasteiger partial charge on any atom is -0.496 e. The zero-order chi connectivity index (χ0) is 17.8. The zero-order valence-corrected chi connectivity index (χ0v) is 15.0. The van der Waals surface area contributed by atoms with Gasteiger partial charge in [-0.25, -0.2) is 0 Å². The third kappa shape index (κ3) is 3.83. The first-order valence-electron chi connectivity index (χ1n) is 7.70. The molecule has 2 aromatic carbocycles. The van der Waals surface area contributed by atoms with Gasteiger partial charge in [0.1, 0.15) is 10.8 Å². The summed E-state index contributed by atoms with van der Waals surface area (Å²) in [6.45, 7) is 0. The maximum atomic E-state index is 6.34. The Morgan fingerprint density at radius 2 is 1.84 bits per heavy atom. The van der Waals surface area contributed by atoms with Crippen LogP contribution in [0.3, 0.4) is 0 Å². The lowest BCUT2D eigenvalue weighted by molar-refractivity contribution is 0.406. The molecule has 0 spiro atoms. The molecule has 6 heteroatoms. The van der Waals surface area contributed by atoms with Crippen LogP contribution in [0.1, 0.15) is 11.5 Å². The highest BCUT2D eigenvalue weighted by atomic mass is 35.5. The Bertz CT molecular complexity index is 886. The van der Waals surface area contributed by atoms with Crippen molar-refractivity contribution in [1.29, 1.82) is 0 Å². The molecule has 5 nitrogen and oxygen atoms in total. The van der Waals surface area contributed by atoms with Gasteiger partial charge in [0.2, 0.25) is 5.82 Å². The second-order valence-electron chi connectivity index (χ2n) is 5.60. The van der Waals surface area contributed by atoms with Crippen LogP contribution in [-0.4, -0.2) is 31.3 Å². The van der Waals surface area contributed by atoms with Crippen molar-refractivity contribution in [3.63, 3.8) is 0 Å². The summed E-state index contributed by atoms with van der Waals surface area (Å²) in [7, 11) is 5.59. The third-order valence-corrected chi connectivity index (χ3v) is 3.95. The summed E-state index contributed by atoms with van der Waals surface area (Å²) in [5.74, 6) is 1.37. The molecule has 0 aliphatic rings.